The number of piperazine rings is 1. The molecule has 17 nitrogen and oxygen atoms in total. The summed E-state index contributed by atoms with van der Waals surface area (Å²) in [6.45, 7) is 15.7. The number of cyclic esters (lactones) is 1. The van der Waals surface area contributed by atoms with Crippen LogP contribution in [0.2, 0.25) is 0 Å². The van der Waals surface area contributed by atoms with Crippen molar-refractivity contribution < 1.29 is 33.4 Å². The summed E-state index contributed by atoms with van der Waals surface area (Å²) in [6.07, 6.45) is 5.04. The van der Waals surface area contributed by atoms with Crippen LogP contribution in [0.4, 0.5) is 4.79 Å². The summed E-state index contributed by atoms with van der Waals surface area (Å²) >= 11 is 1.41. The van der Waals surface area contributed by atoms with Gasteiger partial charge in [-0.15, -0.1) is 11.3 Å². The Morgan fingerprint density at radius 2 is 1.77 bits per heavy atom. The molecule has 3 fully saturated rings. The Morgan fingerprint density at radius 1 is 1.03 bits per heavy atom. The van der Waals surface area contributed by atoms with Gasteiger partial charge < -0.3 is 34.1 Å². The van der Waals surface area contributed by atoms with Crippen LogP contribution in [-0.4, -0.2) is 160 Å². The van der Waals surface area contributed by atoms with Crippen molar-refractivity contribution in [2.45, 2.75) is 117 Å². The van der Waals surface area contributed by atoms with Gasteiger partial charge in [0.2, 0.25) is 11.8 Å². The summed E-state index contributed by atoms with van der Waals surface area (Å²) in [6, 6.07) is 7.21. The third-order valence-electron chi connectivity index (χ3n) is 14.4. The zero-order valence-electron chi connectivity index (χ0n) is 41.7. The SMILES string of the molecule is CCn1c(-c2cccnc2[C@H](C)OC)c2c3cc(ccc31)-c1csc(n1)C[C@H](NC(=O)[C@H](C(C)C)N(C)C(=O)N1CCN(C(=O)[C@@H]3CCCN3C)CC1)C(=O)N1CCC[C@H](N1)C(=O)OCC(C)(C)C2. The van der Waals surface area contributed by atoms with Crippen molar-refractivity contribution in [2.75, 3.05) is 67.1 Å². The van der Waals surface area contributed by atoms with Crippen molar-refractivity contribution in [3.8, 4) is 22.5 Å². The van der Waals surface area contributed by atoms with Gasteiger partial charge in [0.1, 0.15) is 18.1 Å². The number of hydrogen-bond acceptors (Lipinski definition) is 12. The zero-order valence-corrected chi connectivity index (χ0v) is 42.6. The van der Waals surface area contributed by atoms with Gasteiger partial charge in [-0.1, -0.05) is 33.8 Å². The molecule has 0 radical (unpaired) electrons. The van der Waals surface area contributed by atoms with E-state index in [1.165, 1.54) is 21.2 Å². The van der Waals surface area contributed by atoms with Gasteiger partial charge in [0, 0.05) is 98.9 Å². The van der Waals surface area contributed by atoms with Crippen molar-refractivity contribution >= 4 is 52.0 Å². The third-order valence-corrected chi connectivity index (χ3v) is 15.3. The molecule has 8 rings (SSSR count). The molecule has 3 saturated heterocycles. The highest BCUT2D eigenvalue weighted by molar-refractivity contribution is 7.10. The number of carbonyl (C=O) groups excluding carboxylic acids is 5. The number of likely N-dealkylation sites (tertiary alicyclic amines) is 1. The summed E-state index contributed by atoms with van der Waals surface area (Å²) in [5.74, 6) is -1.55. The quantitative estimate of drug-likeness (QED) is 0.202. The predicted octanol–water partition coefficient (Wildman–Crippen LogP) is 5.52. The third kappa shape index (κ3) is 10.4. The van der Waals surface area contributed by atoms with Crippen LogP contribution in [0.1, 0.15) is 89.6 Å². The number of fused-ring (bicyclic) bond motifs is 6. The molecule has 0 aliphatic carbocycles. The maximum atomic E-state index is 14.7. The first kappa shape index (κ1) is 50.0. The van der Waals surface area contributed by atoms with Gasteiger partial charge in [0.25, 0.3) is 5.91 Å². The Labute approximate surface area is 409 Å². The van der Waals surface area contributed by atoms with Gasteiger partial charge in [-0.05, 0) is 95.3 Å². The number of nitrogens with zero attached hydrogens (tertiary/aromatic N) is 8. The van der Waals surface area contributed by atoms with Crippen molar-refractivity contribution in [1.82, 2.24) is 49.9 Å². The van der Waals surface area contributed by atoms with Crippen LogP contribution in [0.3, 0.4) is 0 Å². The number of ether oxygens (including phenoxy) is 2. The van der Waals surface area contributed by atoms with E-state index in [4.69, 9.17) is 19.4 Å². The number of pyridine rings is 1. The molecule has 69 heavy (non-hydrogen) atoms. The highest BCUT2D eigenvalue weighted by Crippen LogP contribution is 2.42. The highest BCUT2D eigenvalue weighted by atomic mass is 32.1. The number of carbonyl (C=O) groups is 5. The lowest BCUT2D eigenvalue weighted by Gasteiger charge is -2.40. The van der Waals surface area contributed by atoms with Crippen molar-refractivity contribution in [2.24, 2.45) is 11.3 Å². The molecule has 4 aromatic rings. The van der Waals surface area contributed by atoms with Crippen molar-refractivity contribution in [3.63, 3.8) is 0 Å². The first-order chi connectivity index (χ1) is 33.0. The number of esters is 1. The molecule has 3 aromatic heterocycles. The van der Waals surface area contributed by atoms with Gasteiger partial charge in [-0.3, -0.25) is 34.1 Å². The summed E-state index contributed by atoms with van der Waals surface area (Å²) in [4.78, 5) is 87.6. The fourth-order valence-electron chi connectivity index (χ4n) is 10.6. The van der Waals surface area contributed by atoms with E-state index in [1.54, 1.807) is 25.3 Å². The van der Waals surface area contributed by atoms with E-state index in [9.17, 15) is 24.0 Å². The molecular weight excluding hydrogens is 897 g/mol. The second kappa shape index (κ2) is 20.9. The fourth-order valence-corrected chi connectivity index (χ4v) is 11.5. The molecule has 6 bridgehead atoms. The maximum Gasteiger partial charge on any atom is 0.324 e. The Balaban J connectivity index is 1.10. The van der Waals surface area contributed by atoms with Crippen molar-refractivity contribution in [3.05, 3.63) is 58.2 Å². The summed E-state index contributed by atoms with van der Waals surface area (Å²) in [7, 11) is 5.29. The lowest BCUT2D eigenvalue weighted by atomic mass is 9.84. The van der Waals surface area contributed by atoms with Crippen LogP contribution in [-0.2, 0) is 48.0 Å². The standard InChI is InChI=1S/C51H70N10O7S/c1-10-60-40-18-17-33-26-35(40)36(45(60)34-14-11-19-52-43(34)32(4)67-9)28-51(5,6)30-68-49(65)37-15-12-21-61(55-37)47(63)38(27-42-53-39(33)29-69-42)54-46(62)44(31(2)3)57(8)50(66)59-24-22-58(23-25-59)48(64)41-16-13-20-56(41)7/h11,14,17-19,26,29,31-32,37-38,41,44,55H,10,12-13,15-16,20-25,27-28,30H2,1-9H3,(H,54,62)/t32-,37-,38-,41-,44-/m0/s1. The maximum absolute atomic E-state index is 14.7. The van der Waals surface area contributed by atoms with E-state index in [-0.39, 0.29) is 43.0 Å². The number of thiazole rings is 1. The molecular formula is C51H70N10O7S. The number of aryl methyl sites for hydroxylation is 1. The lowest BCUT2D eigenvalue weighted by Crippen LogP contribution is -2.63. The Morgan fingerprint density at radius 3 is 2.46 bits per heavy atom. The van der Waals surface area contributed by atoms with E-state index >= 15 is 0 Å². The van der Waals surface area contributed by atoms with Crippen molar-refractivity contribution in [1.29, 1.82) is 0 Å². The van der Waals surface area contributed by atoms with E-state index < -0.39 is 41.3 Å². The molecule has 1 aromatic carbocycles. The number of hydrazine groups is 1. The Bertz CT molecular complexity index is 2550. The number of urea groups is 1. The summed E-state index contributed by atoms with van der Waals surface area (Å²) < 4.78 is 14.3. The Hall–Kier alpha value is -5.43. The summed E-state index contributed by atoms with van der Waals surface area (Å²) in [5.41, 5.74) is 9.30. The highest BCUT2D eigenvalue weighted by Gasteiger charge is 2.40. The minimum absolute atomic E-state index is 0.0801. The topological polar surface area (TPSA) is 175 Å². The van der Waals surface area contributed by atoms with Gasteiger partial charge in [0.15, 0.2) is 0 Å². The van der Waals surface area contributed by atoms with Crippen LogP contribution in [0.5, 0.6) is 0 Å². The molecule has 2 N–H and O–H groups in total. The molecule has 372 valence electrons. The smallest absolute Gasteiger partial charge is 0.324 e. The second-order valence-electron chi connectivity index (χ2n) is 20.3. The van der Waals surface area contributed by atoms with E-state index in [1.807, 2.05) is 44.2 Å². The molecule has 5 amide bonds. The first-order valence-electron chi connectivity index (χ1n) is 24.6. The van der Waals surface area contributed by atoms with E-state index in [0.29, 0.717) is 63.5 Å². The van der Waals surface area contributed by atoms with E-state index in [2.05, 4.69) is 65.2 Å². The Kier molecular flexibility index (Phi) is 15.1. The molecule has 0 spiro atoms. The molecule has 18 heteroatoms. The minimum atomic E-state index is -1.08. The molecule has 4 aliphatic rings. The average molecular weight is 967 g/mol. The van der Waals surface area contributed by atoms with E-state index in [0.717, 1.165) is 64.1 Å². The molecule has 5 atom stereocenters. The molecule has 7 heterocycles. The number of methoxy groups -OCH3 is 1. The average Bonchev–Trinajstić information content (AvgIpc) is 4.08. The lowest BCUT2D eigenvalue weighted by molar-refractivity contribution is -0.155. The normalized spacial score (nSPS) is 22.3. The largest absolute Gasteiger partial charge is 0.464 e. The molecule has 0 saturated carbocycles. The summed E-state index contributed by atoms with van der Waals surface area (Å²) in [5, 5.41) is 8.16. The van der Waals surface area contributed by atoms with Crippen LogP contribution >= 0.6 is 11.3 Å². The van der Waals surface area contributed by atoms with Gasteiger partial charge in [0.05, 0.1) is 40.8 Å². The predicted molar refractivity (Wildman–Crippen MR) is 265 cm³/mol. The number of nitrogens with one attached hydrogen (secondary N) is 2. The van der Waals surface area contributed by atoms with Crippen LogP contribution in [0.15, 0.2) is 41.9 Å². The van der Waals surface area contributed by atoms with Crippen LogP contribution in [0, 0.1) is 11.3 Å². The number of aromatic nitrogens is 3. The minimum Gasteiger partial charge on any atom is -0.464 e. The molecule has 4 aliphatic heterocycles. The van der Waals surface area contributed by atoms with Gasteiger partial charge in [-0.25, -0.2) is 15.2 Å². The second-order valence-corrected chi connectivity index (χ2v) is 21.2. The fraction of sp³-hybridized carbons (Fsp3) is 0.588. The number of benzene rings is 1. The van der Waals surface area contributed by atoms with Crippen LogP contribution < -0.4 is 10.7 Å². The number of amides is 5. The number of likely N-dealkylation sites (N-methyl/N-ethyl adjacent to an activating group) is 2. The number of rotatable bonds is 9. The first-order valence-corrected chi connectivity index (χ1v) is 25.5. The molecule has 0 unspecified atom stereocenters. The van der Waals surface area contributed by atoms with Gasteiger partial charge >= 0.3 is 12.0 Å². The monoisotopic (exact) mass is 967 g/mol. The number of hydrogen-bond donors (Lipinski definition) is 2. The van der Waals surface area contributed by atoms with Gasteiger partial charge in [-0.2, -0.15) is 0 Å². The van der Waals surface area contributed by atoms with Crippen LogP contribution in [0.25, 0.3) is 33.4 Å². The zero-order chi connectivity index (χ0) is 49.3.